The number of methoxy groups -OCH3 is 1. The van der Waals surface area contributed by atoms with Crippen LogP contribution in [0.25, 0.3) is 0 Å². The first-order valence-electron chi connectivity index (χ1n) is 4.91. The van der Waals surface area contributed by atoms with Gasteiger partial charge in [0.15, 0.2) is 6.10 Å². The number of aliphatic hydroxyl groups excluding tert-OH is 1. The minimum absolute atomic E-state index is 0.395. The molecule has 0 unspecified atom stereocenters. The molecule has 0 saturated heterocycles. The van der Waals surface area contributed by atoms with Crippen LogP contribution in [0.2, 0.25) is 0 Å². The molecule has 0 aromatic heterocycles. The predicted molar refractivity (Wildman–Crippen MR) is 57.3 cm³/mol. The summed E-state index contributed by atoms with van der Waals surface area (Å²) in [7, 11) is 2.92. The van der Waals surface area contributed by atoms with Gasteiger partial charge in [0.05, 0.1) is 6.10 Å². The minimum Gasteiger partial charge on any atom is -0.381 e. The maximum atomic E-state index is 11.4. The summed E-state index contributed by atoms with van der Waals surface area (Å²) in [6, 6.07) is -0.737. The number of ether oxygens (including phenoxy) is 1. The van der Waals surface area contributed by atoms with Gasteiger partial charge in [0.1, 0.15) is 6.04 Å². The van der Waals surface area contributed by atoms with E-state index in [1.54, 1.807) is 6.92 Å². The lowest BCUT2D eigenvalue weighted by Crippen LogP contribution is -2.52. The molecule has 0 aliphatic carbocycles. The molecule has 0 aliphatic rings. The SMILES string of the molecule is CNNC(=O)[C@H](C)NC(=O)[C@@H](O)[C@H](C)OC. The van der Waals surface area contributed by atoms with E-state index < -0.39 is 30.1 Å². The van der Waals surface area contributed by atoms with E-state index >= 15 is 0 Å². The lowest BCUT2D eigenvalue weighted by molar-refractivity contribution is -0.139. The van der Waals surface area contributed by atoms with E-state index in [1.165, 1.54) is 21.1 Å². The molecule has 0 saturated carbocycles. The summed E-state index contributed by atoms with van der Waals surface area (Å²) in [5, 5.41) is 11.8. The van der Waals surface area contributed by atoms with Crippen LogP contribution in [0.5, 0.6) is 0 Å². The molecule has 0 bridgehead atoms. The summed E-state index contributed by atoms with van der Waals surface area (Å²) in [4.78, 5) is 22.7. The fourth-order valence-corrected chi connectivity index (χ4v) is 0.938. The Hall–Kier alpha value is -1.18. The molecule has 0 aromatic carbocycles. The monoisotopic (exact) mass is 233 g/mol. The number of amides is 2. The van der Waals surface area contributed by atoms with Gasteiger partial charge in [0.25, 0.3) is 11.8 Å². The standard InChI is InChI=1S/C9H19N3O4/c1-5(8(14)12-10-3)11-9(15)7(13)6(2)16-4/h5-7,10,13H,1-4H3,(H,11,15)(H,12,14)/t5-,6-,7-/m0/s1. The maximum absolute atomic E-state index is 11.4. The Morgan fingerprint density at radius 1 is 1.25 bits per heavy atom. The van der Waals surface area contributed by atoms with Crippen LogP contribution in [-0.2, 0) is 14.3 Å². The average molecular weight is 233 g/mol. The molecule has 0 radical (unpaired) electrons. The van der Waals surface area contributed by atoms with Crippen molar-refractivity contribution in [3.05, 3.63) is 0 Å². The first-order valence-corrected chi connectivity index (χ1v) is 4.91. The summed E-state index contributed by atoms with van der Waals surface area (Å²) < 4.78 is 4.80. The Kier molecular flexibility index (Phi) is 6.63. The Balaban J connectivity index is 4.18. The van der Waals surface area contributed by atoms with Gasteiger partial charge in [-0.15, -0.1) is 0 Å². The summed E-state index contributed by atoms with van der Waals surface area (Å²) in [6.07, 6.45) is -1.92. The van der Waals surface area contributed by atoms with Crippen LogP contribution in [-0.4, -0.2) is 49.3 Å². The smallest absolute Gasteiger partial charge is 0.256 e. The highest BCUT2D eigenvalue weighted by molar-refractivity contribution is 5.88. The summed E-state index contributed by atoms with van der Waals surface area (Å²) in [5.41, 5.74) is 4.76. The zero-order chi connectivity index (χ0) is 12.7. The van der Waals surface area contributed by atoms with Gasteiger partial charge in [-0.25, -0.2) is 5.43 Å². The van der Waals surface area contributed by atoms with E-state index in [0.29, 0.717) is 0 Å². The van der Waals surface area contributed by atoms with Crippen molar-refractivity contribution < 1.29 is 19.4 Å². The van der Waals surface area contributed by atoms with Crippen molar-refractivity contribution in [2.75, 3.05) is 14.2 Å². The molecule has 94 valence electrons. The number of carbonyl (C=O) groups is 2. The van der Waals surface area contributed by atoms with Gasteiger partial charge in [-0.1, -0.05) is 0 Å². The van der Waals surface area contributed by atoms with Crippen LogP contribution in [0.3, 0.4) is 0 Å². The minimum atomic E-state index is -1.30. The molecular formula is C9H19N3O4. The summed E-state index contributed by atoms with van der Waals surface area (Å²) >= 11 is 0. The molecule has 0 rings (SSSR count). The molecule has 3 atom stereocenters. The first kappa shape index (κ1) is 14.8. The molecule has 4 N–H and O–H groups in total. The normalized spacial score (nSPS) is 16.1. The summed E-state index contributed by atoms with van der Waals surface area (Å²) in [6.45, 7) is 3.07. The van der Waals surface area contributed by atoms with Gasteiger partial charge in [-0.3, -0.25) is 15.0 Å². The van der Waals surface area contributed by atoms with Crippen molar-refractivity contribution in [3.63, 3.8) is 0 Å². The molecule has 0 aliphatic heterocycles. The second-order valence-electron chi connectivity index (χ2n) is 3.36. The predicted octanol–water partition coefficient (Wildman–Crippen LogP) is -1.86. The number of aliphatic hydroxyl groups is 1. The van der Waals surface area contributed by atoms with Gasteiger partial charge in [0, 0.05) is 14.2 Å². The largest absolute Gasteiger partial charge is 0.381 e. The van der Waals surface area contributed by atoms with Crippen LogP contribution in [0.4, 0.5) is 0 Å². The molecule has 0 heterocycles. The number of hydrogen-bond donors (Lipinski definition) is 4. The van der Waals surface area contributed by atoms with Gasteiger partial charge in [0.2, 0.25) is 0 Å². The van der Waals surface area contributed by atoms with Crippen molar-refractivity contribution in [2.45, 2.75) is 32.1 Å². The molecule has 16 heavy (non-hydrogen) atoms. The van der Waals surface area contributed by atoms with E-state index in [4.69, 9.17) is 4.74 Å². The quantitative estimate of drug-likeness (QED) is 0.403. The number of hydrogen-bond acceptors (Lipinski definition) is 5. The molecule has 0 aromatic rings. The highest BCUT2D eigenvalue weighted by Gasteiger charge is 2.25. The van der Waals surface area contributed by atoms with Crippen LogP contribution in [0, 0.1) is 0 Å². The van der Waals surface area contributed by atoms with Gasteiger partial charge < -0.3 is 15.2 Å². The lowest BCUT2D eigenvalue weighted by Gasteiger charge is -2.19. The van der Waals surface area contributed by atoms with E-state index in [2.05, 4.69) is 16.2 Å². The van der Waals surface area contributed by atoms with E-state index in [1.807, 2.05) is 0 Å². The summed E-state index contributed by atoms with van der Waals surface area (Å²) in [5.74, 6) is -1.04. The Labute approximate surface area is 94.5 Å². The van der Waals surface area contributed by atoms with Gasteiger partial charge in [-0.05, 0) is 13.8 Å². The molecular weight excluding hydrogens is 214 g/mol. The highest BCUT2D eigenvalue weighted by Crippen LogP contribution is 1.97. The topological polar surface area (TPSA) is 99.7 Å². The zero-order valence-electron chi connectivity index (χ0n) is 9.90. The average Bonchev–Trinajstić information content (AvgIpc) is 2.26. The molecule has 0 fully saturated rings. The third kappa shape index (κ3) is 4.56. The van der Waals surface area contributed by atoms with Crippen molar-refractivity contribution >= 4 is 11.8 Å². The van der Waals surface area contributed by atoms with Crippen molar-refractivity contribution in [1.82, 2.24) is 16.2 Å². The Morgan fingerprint density at radius 3 is 2.25 bits per heavy atom. The van der Waals surface area contributed by atoms with Crippen LogP contribution >= 0.6 is 0 Å². The van der Waals surface area contributed by atoms with Gasteiger partial charge in [-0.2, -0.15) is 0 Å². The second-order valence-corrected chi connectivity index (χ2v) is 3.36. The second kappa shape index (κ2) is 7.15. The van der Waals surface area contributed by atoms with Gasteiger partial charge >= 0.3 is 0 Å². The highest BCUT2D eigenvalue weighted by atomic mass is 16.5. The van der Waals surface area contributed by atoms with Crippen LogP contribution < -0.4 is 16.2 Å². The molecule has 7 nitrogen and oxygen atoms in total. The van der Waals surface area contributed by atoms with Crippen molar-refractivity contribution in [1.29, 1.82) is 0 Å². The fourth-order valence-electron chi connectivity index (χ4n) is 0.938. The fraction of sp³-hybridized carbons (Fsp3) is 0.778. The molecule has 2 amide bonds. The molecule has 7 heteroatoms. The van der Waals surface area contributed by atoms with E-state index in [9.17, 15) is 14.7 Å². The third-order valence-electron chi connectivity index (χ3n) is 2.09. The first-order chi connectivity index (χ1) is 7.43. The number of carbonyl (C=O) groups excluding carboxylic acids is 2. The third-order valence-corrected chi connectivity index (χ3v) is 2.09. The lowest BCUT2D eigenvalue weighted by atomic mass is 10.2. The number of nitrogens with one attached hydrogen (secondary N) is 3. The zero-order valence-corrected chi connectivity index (χ0v) is 9.90. The van der Waals surface area contributed by atoms with Crippen LogP contribution in [0.15, 0.2) is 0 Å². The molecule has 0 spiro atoms. The Morgan fingerprint density at radius 2 is 1.81 bits per heavy atom. The van der Waals surface area contributed by atoms with E-state index in [-0.39, 0.29) is 0 Å². The number of hydrazine groups is 1. The van der Waals surface area contributed by atoms with Crippen molar-refractivity contribution in [3.8, 4) is 0 Å². The Bertz CT molecular complexity index is 247. The number of rotatable bonds is 6. The van der Waals surface area contributed by atoms with Crippen molar-refractivity contribution in [2.24, 2.45) is 0 Å². The maximum Gasteiger partial charge on any atom is 0.256 e. The van der Waals surface area contributed by atoms with Crippen LogP contribution in [0.1, 0.15) is 13.8 Å². The van der Waals surface area contributed by atoms with E-state index in [0.717, 1.165) is 0 Å².